The molecule has 1 aliphatic rings. The molecule has 3 aromatic carbocycles. The molecule has 0 spiro atoms. The van der Waals surface area contributed by atoms with Gasteiger partial charge in [-0.3, -0.25) is 9.36 Å². The molecule has 0 N–H and O–H groups in total. The van der Waals surface area contributed by atoms with Gasteiger partial charge in [0.05, 0.1) is 35.6 Å². The molecular weight excluding hydrogens is 629 g/mol. The predicted octanol–water partition coefficient (Wildman–Crippen LogP) is 6.90. The van der Waals surface area contributed by atoms with Gasteiger partial charge in [0.15, 0.2) is 4.80 Å². The molecule has 0 aliphatic carbocycles. The van der Waals surface area contributed by atoms with Crippen LogP contribution in [0, 0.1) is 0 Å². The average molecular weight is 661 g/mol. The summed E-state index contributed by atoms with van der Waals surface area (Å²) >= 11 is 14.0. The molecule has 10 heteroatoms. The Labute approximate surface area is 274 Å². The van der Waals surface area contributed by atoms with E-state index in [9.17, 15) is 9.59 Å². The maximum Gasteiger partial charge on any atom is 0.338 e. The number of nitrogens with zero attached hydrogens (tertiary/aromatic N) is 3. The molecule has 0 radical (unpaired) electrons. The number of carbonyl (C=O) groups excluding carboxylic acids is 1. The Kier molecular flexibility index (Phi) is 8.99. The summed E-state index contributed by atoms with van der Waals surface area (Å²) < 4.78 is 15.3. The van der Waals surface area contributed by atoms with Gasteiger partial charge >= 0.3 is 5.97 Å². The van der Waals surface area contributed by atoms with Crippen LogP contribution in [-0.4, -0.2) is 28.8 Å². The molecule has 7 nitrogen and oxygen atoms in total. The lowest BCUT2D eigenvalue weighted by Gasteiger charge is -2.26. The molecule has 2 aromatic heterocycles. The highest BCUT2D eigenvalue weighted by Gasteiger charge is 2.34. The van der Waals surface area contributed by atoms with Crippen molar-refractivity contribution in [2.75, 3.05) is 13.7 Å². The average Bonchev–Trinajstić information content (AvgIpc) is 3.54. The first kappa shape index (κ1) is 30.9. The molecule has 0 saturated heterocycles. The number of carbonyl (C=O) groups is 1. The van der Waals surface area contributed by atoms with Gasteiger partial charge in [0.1, 0.15) is 5.75 Å². The molecule has 3 heterocycles. The SMILES string of the molecule is CCCC1=C(C(=O)OCC)C(c2cccc(OC)c2)n2c(s/c(=C/c3cn(Cc4ccc(Cl)cc4Cl)c4ccccc34)c2=O)=N1. The Balaban J connectivity index is 1.54. The van der Waals surface area contributed by atoms with Gasteiger partial charge in [-0.2, -0.15) is 0 Å². The van der Waals surface area contributed by atoms with Gasteiger partial charge in [-0.05, 0) is 60.9 Å². The van der Waals surface area contributed by atoms with Crippen molar-refractivity contribution in [2.24, 2.45) is 4.99 Å². The number of halogens is 2. The molecule has 1 aliphatic heterocycles. The first-order valence-corrected chi connectivity index (χ1v) is 16.3. The van der Waals surface area contributed by atoms with Gasteiger partial charge in [-0.25, -0.2) is 9.79 Å². The molecule has 0 saturated carbocycles. The van der Waals surface area contributed by atoms with Crippen LogP contribution < -0.4 is 19.6 Å². The summed E-state index contributed by atoms with van der Waals surface area (Å²) in [5.74, 6) is 0.149. The lowest BCUT2D eigenvalue weighted by Crippen LogP contribution is -2.40. The number of para-hydroxylation sites is 1. The van der Waals surface area contributed by atoms with Gasteiger partial charge in [0.2, 0.25) is 0 Å². The number of hydrogen-bond donors (Lipinski definition) is 0. The molecule has 0 bridgehead atoms. The largest absolute Gasteiger partial charge is 0.497 e. The van der Waals surface area contributed by atoms with Crippen molar-refractivity contribution in [1.82, 2.24) is 9.13 Å². The van der Waals surface area contributed by atoms with E-state index in [-0.39, 0.29) is 12.2 Å². The third kappa shape index (κ3) is 5.98. The Hall–Kier alpha value is -4.11. The van der Waals surface area contributed by atoms with E-state index in [1.165, 1.54) is 11.3 Å². The quantitative estimate of drug-likeness (QED) is 0.161. The van der Waals surface area contributed by atoms with E-state index in [4.69, 9.17) is 37.7 Å². The van der Waals surface area contributed by atoms with E-state index in [1.54, 1.807) is 24.7 Å². The Morgan fingerprint density at radius 3 is 2.64 bits per heavy atom. The number of hydrogen-bond acceptors (Lipinski definition) is 6. The number of esters is 1. The lowest BCUT2D eigenvalue weighted by molar-refractivity contribution is -0.139. The Morgan fingerprint density at radius 1 is 1.07 bits per heavy atom. The van der Waals surface area contributed by atoms with Crippen molar-refractivity contribution in [2.45, 2.75) is 39.3 Å². The number of rotatable bonds is 9. The standard InChI is InChI=1S/C35H31Cl2N3O4S/c1-4-9-28-31(34(42)44-5-2)32(21-10-8-11-25(16-21)43-3)40-33(41)30(45-35(40)38-28)17-23-20-39(29-13-7-6-12-26(23)29)19-22-14-15-24(36)18-27(22)37/h6-8,10-18,20,32H,4-5,9,19H2,1-3H3/b30-17+. The van der Waals surface area contributed by atoms with Crippen LogP contribution in [0.4, 0.5) is 0 Å². The molecule has 5 aromatic rings. The van der Waals surface area contributed by atoms with E-state index in [2.05, 4.69) is 4.57 Å². The fourth-order valence-electron chi connectivity index (χ4n) is 5.74. The van der Waals surface area contributed by atoms with Crippen LogP contribution in [0.5, 0.6) is 5.75 Å². The Morgan fingerprint density at radius 2 is 1.89 bits per heavy atom. The van der Waals surface area contributed by atoms with Crippen LogP contribution in [0.2, 0.25) is 10.0 Å². The summed E-state index contributed by atoms with van der Waals surface area (Å²) in [7, 11) is 1.59. The topological polar surface area (TPSA) is 74.8 Å². The van der Waals surface area contributed by atoms with Gasteiger partial charge in [0.25, 0.3) is 5.56 Å². The van der Waals surface area contributed by atoms with E-state index in [0.29, 0.717) is 49.4 Å². The minimum absolute atomic E-state index is 0.211. The highest BCUT2D eigenvalue weighted by Crippen LogP contribution is 2.34. The molecule has 230 valence electrons. The summed E-state index contributed by atoms with van der Waals surface area (Å²) in [5, 5.41) is 2.17. The third-order valence-electron chi connectivity index (χ3n) is 7.76. The highest BCUT2D eigenvalue weighted by molar-refractivity contribution is 7.07. The molecular formula is C35H31Cl2N3O4S. The number of allylic oxidation sites excluding steroid dienone is 1. The molecule has 1 unspecified atom stereocenters. The van der Waals surface area contributed by atoms with Gasteiger partial charge in [0, 0.05) is 39.3 Å². The van der Waals surface area contributed by atoms with Crippen LogP contribution in [0.25, 0.3) is 17.0 Å². The fraction of sp³-hybridized carbons (Fsp3) is 0.229. The molecule has 6 rings (SSSR count). The number of ether oxygens (including phenoxy) is 2. The zero-order valence-electron chi connectivity index (χ0n) is 25.1. The molecule has 1 atom stereocenters. The number of aromatic nitrogens is 2. The van der Waals surface area contributed by atoms with Crippen LogP contribution in [-0.2, 0) is 16.1 Å². The van der Waals surface area contributed by atoms with E-state index in [0.717, 1.165) is 34.0 Å². The lowest BCUT2D eigenvalue weighted by atomic mass is 9.94. The van der Waals surface area contributed by atoms with E-state index in [1.807, 2.05) is 79.9 Å². The number of thiazole rings is 1. The van der Waals surface area contributed by atoms with Crippen LogP contribution in [0.1, 0.15) is 49.4 Å². The maximum absolute atomic E-state index is 14.3. The zero-order chi connectivity index (χ0) is 31.7. The third-order valence-corrected chi connectivity index (χ3v) is 9.33. The predicted molar refractivity (Wildman–Crippen MR) is 180 cm³/mol. The van der Waals surface area contributed by atoms with Crippen molar-refractivity contribution in [1.29, 1.82) is 0 Å². The van der Waals surface area contributed by atoms with Crippen molar-refractivity contribution >= 4 is 57.5 Å². The zero-order valence-corrected chi connectivity index (χ0v) is 27.4. The van der Waals surface area contributed by atoms with Gasteiger partial charge < -0.3 is 14.0 Å². The van der Waals surface area contributed by atoms with Crippen molar-refractivity contribution < 1.29 is 14.3 Å². The minimum atomic E-state index is -0.715. The monoisotopic (exact) mass is 659 g/mol. The second-order valence-corrected chi connectivity index (χ2v) is 12.5. The number of methoxy groups -OCH3 is 1. The maximum atomic E-state index is 14.3. The fourth-order valence-corrected chi connectivity index (χ4v) is 7.22. The second-order valence-electron chi connectivity index (χ2n) is 10.7. The Bertz CT molecular complexity index is 2140. The summed E-state index contributed by atoms with van der Waals surface area (Å²) in [6.45, 7) is 4.55. The molecule has 0 amide bonds. The summed E-state index contributed by atoms with van der Waals surface area (Å²) in [4.78, 5) is 33.2. The summed E-state index contributed by atoms with van der Waals surface area (Å²) in [6, 6.07) is 20.3. The van der Waals surface area contributed by atoms with Crippen molar-refractivity contribution in [3.8, 4) is 5.75 Å². The second kappa shape index (κ2) is 13.1. The van der Waals surface area contributed by atoms with Gasteiger partial charge in [-0.15, -0.1) is 0 Å². The first-order valence-electron chi connectivity index (χ1n) is 14.7. The van der Waals surface area contributed by atoms with Crippen LogP contribution >= 0.6 is 34.5 Å². The molecule has 0 fully saturated rings. The normalized spacial score (nSPS) is 14.9. The number of fused-ring (bicyclic) bond motifs is 2. The van der Waals surface area contributed by atoms with E-state index < -0.39 is 12.0 Å². The van der Waals surface area contributed by atoms with Gasteiger partial charge in [-0.1, -0.05) is 84.3 Å². The van der Waals surface area contributed by atoms with Crippen LogP contribution in [0.15, 0.2) is 94.0 Å². The summed E-state index contributed by atoms with van der Waals surface area (Å²) in [5.41, 5.74) is 4.34. The van der Waals surface area contributed by atoms with Crippen molar-refractivity contribution in [3.63, 3.8) is 0 Å². The minimum Gasteiger partial charge on any atom is -0.497 e. The molecule has 45 heavy (non-hydrogen) atoms. The van der Waals surface area contributed by atoms with Crippen LogP contribution in [0.3, 0.4) is 0 Å². The van der Waals surface area contributed by atoms with E-state index >= 15 is 0 Å². The van der Waals surface area contributed by atoms with Crippen molar-refractivity contribution in [3.05, 3.63) is 131 Å². The summed E-state index contributed by atoms with van der Waals surface area (Å²) in [6.07, 6.45) is 5.28. The first-order chi connectivity index (χ1) is 21.8. The number of benzene rings is 3. The highest BCUT2D eigenvalue weighted by atomic mass is 35.5. The smallest absolute Gasteiger partial charge is 0.338 e.